The summed E-state index contributed by atoms with van der Waals surface area (Å²) in [7, 11) is 0. The van der Waals surface area contributed by atoms with Gasteiger partial charge >= 0.3 is 0 Å². The number of carbonyl (C=O) groups is 2. The molecule has 0 fully saturated rings. The minimum absolute atomic E-state index is 0.0279. The minimum Gasteiger partial charge on any atom is -0.486 e. The lowest BCUT2D eigenvalue weighted by Gasteiger charge is -2.32. The topological polar surface area (TPSA) is 67.9 Å². The van der Waals surface area contributed by atoms with E-state index in [1.54, 1.807) is 4.90 Å². The molecule has 0 saturated heterocycles. The highest BCUT2D eigenvalue weighted by atomic mass is 16.6. The fourth-order valence-electron chi connectivity index (χ4n) is 4.46. The number of nitrogens with zero attached hydrogens (tertiary/aromatic N) is 1. The van der Waals surface area contributed by atoms with Crippen LogP contribution in [0.15, 0.2) is 72.8 Å². The van der Waals surface area contributed by atoms with Crippen LogP contribution < -0.4 is 14.8 Å². The molecule has 37 heavy (non-hydrogen) atoms. The fourth-order valence-corrected chi connectivity index (χ4v) is 4.46. The third-order valence-corrected chi connectivity index (χ3v) is 6.41. The predicted molar refractivity (Wildman–Crippen MR) is 145 cm³/mol. The van der Waals surface area contributed by atoms with Gasteiger partial charge in [-0.2, -0.15) is 0 Å². The number of benzene rings is 3. The highest BCUT2D eigenvalue weighted by Gasteiger charge is 2.30. The molecule has 6 heteroatoms. The van der Waals surface area contributed by atoms with E-state index in [4.69, 9.17) is 9.47 Å². The van der Waals surface area contributed by atoms with E-state index in [9.17, 15) is 9.59 Å². The van der Waals surface area contributed by atoms with E-state index in [1.807, 2.05) is 93.6 Å². The zero-order valence-electron chi connectivity index (χ0n) is 21.9. The molecule has 4 rings (SSSR count). The molecule has 1 atom stereocenters. The number of ether oxygens (including phenoxy) is 2. The Kier molecular flexibility index (Phi) is 8.83. The van der Waals surface area contributed by atoms with Gasteiger partial charge in [0.05, 0.1) is 0 Å². The Labute approximate surface area is 219 Å². The molecule has 1 aliphatic heterocycles. The van der Waals surface area contributed by atoms with Crippen LogP contribution in [0, 0.1) is 6.92 Å². The molecule has 0 radical (unpaired) electrons. The van der Waals surface area contributed by atoms with Gasteiger partial charge in [0.2, 0.25) is 11.8 Å². The average Bonchev–Trinajstić information content (AvgIpc) is 2.90. The molecular weight excluding hydrogens is 464 g/mol. The molecule has 3 aromatic rings. The van der Waals surface area contributed by atoms with Crippen molar-refractivity contribution in [3.8, 4) is 11.5 Å². The van der Waals surface area contributed by atoms with Gasteiger partial charge in [-0.05, 0) is 56.0 Å². The van der Waals surface area contributed by atoms with Gasteiger partial charge in [-0.15, -0.1) is 0 Å². The smallest absolute Gasteiger partial charge is 0.243 e. The van der Waals surface area contributed by atoms with Gasteiger partial charge in [0.1, 0.15) is 19.3 Å². The van der Waals surface area contributed by atoms with Crippen LogP contribution >= 0.6 is 0 Å². The molecule has 0 aliphatic carbocycles. The molecule has 3 aromatic carbocycles. The summed E-state index contributed by atoms with van der Waals surface area (Å²) in [6.07, 6.45) is 1.27. The monoisotopic (exact) mass is 500 g/mol. The highest BCUT2D eigenvalue weighted by Crippen LogP contribution is 2.31. The van der Waals surface area contributed by atoms with Gasteiger partial charge in [-0.25, -0.2) is 0 Å². The molecule has 0 aromatic heterocycles. The van der Waals surface area contributed by atoms with Crippen molar-refractivity contribution in [1.29, 1.82) is 0 Å². The van der Waals surface area contributed by atoms with E-state index in [-0.39, 0.29) is 24.3 Å². The summed E-state index contributed by atoms with van der Waals surface area (Å²) in [5.41, 5.74) is 4.16. The van der Waals surface area contributed by atoms with Crippen LogP contribution in [0.3, 0.4) is 0 Å². The standard InChI is InChI=1S/C31H36N2O4/c1-22(2)32-31(35)27(19-24-7-5-4-6-8-24)33(21-26-11-9-23(3)10-12-26)30(34)16-14-25-13-15-28-29(20-25)37-18-17-36-28/h4-13,15,20,22,27H,14,16-19,21H2,1-3H3,(H,32,35). The summed E-state index contributed by atoms with van der Waals surface area (Å²) in [5, 5.41) is 3.04. The first kappa shape index (κ1) is 26.3. The first-order valence-electron chi connectivity index (χ1n) is 13.0. The first-order chi connectivity index (χ1) is 17.9. The first-order valence-corrected chi connectivity index (χ1v) is 13.0. The highest BCUT2D eigenvalue weighted by molar-refractivity contribution is 5.88. The Morgan fingerprint density at radius 3 is 2.24 bits per heavy atom. The Hall–Kier alpha value is -3.80. The van der Waals surface area contributed by atoms with Crippen LogP contribution in [-0.4, -0.2) is 42.0 Å². The zero-order valence-corrected chi connectivity index (χ0v) is 21.9. The summed E-state index contributed by atoms with van der Waals surface area (Å²) in [5.74, 6) is 1.25. The quantitative estimate of drug-likeness (QED) is 0.432. The van der Waals surface area contributed by atoms with Crippen molar-refractivity contribution in [2.75, 3.05) is 13.2 Å². The maximum Gasteiger partial charge on any atom is 0.243 e. The second-order valence-corrected chi connectivity index (χ2v) is 9.85. The third-order valence-electron chi connectivity index (χ3n) is 6.41. The van der Waals surface area contributed by atoms with E-state index in [1.165, 1.54) is 0 Å². The van der Waals surface area contributed by atoms with Gasteiger partial charge in [-0.3, -0.25) is 9.59 Å². The van der Waals surface area contributed by atoms with Gasteiger partial charge in [0.15, 0.2) is 11.5 Å². The molecule has 2 amide bonds. The van der Waals surface area contributed by atoms with E-state index in [0.29, 0.717) is 38.3 Å². The van der Waals surface area contributed by atoms with Crippen LogP contribution in [0.5, 0.6) is 11.5 Å². The molecule has 1 N–H and O–H groups in total. The van der Waals surface area contributed by atoms with Gasteiger partial charge in [0.25, 0.3) is 0 Å². The largest absolute Gasteiger partial charge is 0.486 e. The molecule has 0 spiro atoms. The molecule has 1 unspecified atom stereocenters. The Morgan fingerprint density at radius 1 is 0.865 bits per heavy atom. The van der Waals surface area contributed by atoms with Crippen molar-refractivity contribution in [2.45, 2.75) is 58.7 Å². The molecule has 1 aliphatic rings. The number of amides is 2. The number of aryl methyl sites for hydroxylation is 2. The Morgan fingerprint density at radius 2 is 1.54 bits per heavy atom. The van der Waals surface area contributed by atoms with Crippen LogP contribution in [0.1, 0.15) is 42.5 Å². The van der Waals surface area contributed by atoms with Crippen molar-refractivity contribution in [3.63, 3.8) is 0 Å². The van der Waals surface area contributed by atoms with Crippen molar-refractivity contribution in [2.24, 2.45) is 0 Å². The lowest BCUT2D eigenvalue weighted by molar-refractivity contribution is -0.141. The molecule has 0 saturated carbocycles. The SMILES string of the molecule is Cc1ccc(CN(C(=O)CCc2ccc3c(c2)OCCO3)C(Cc2ccccc2)C(=O)NC(C)C)cc1. The lowest BCUT2D eigenvalue weighted by Crippen LogP contribution is -2.51. The normalized spacial score (nSPS) is 13.2. The van der Waals surface area contributed by atoms with Crippen molar-refractivity contribution in [3.05, 3.63) is 95.1 Å². The van der Waals surface area contributed by atoms with Crippen molar-refractivity contribution < 1.29 is 19.1 Å². The number of nitrogens with one attached hydrogen (secondary N) is 1. The van der Waals surface area contributed by atoms with E-state index in [0.717, 1.165) is 28.0 Å². The van der Waals surface area contributed by atoms with E-state index in [2.05, 4.69) is 5.32 Å². The van der Waals surface area contributed by atoms with Crippen molar-refractivity contribution >= 4 is 11.8 Å². The van der Waals surface area contributed by atoms with E-state index < -0.39 is 6.04 Å². The minimum atomic E-state index is -0.626. The Bertz CT molecular complexity index is 1190. The van der Waals surface area contributed by atoms with E-state index >= 15 is 0 Å². The summed E-state index contributed by atoms with van der Waals surface area (Å²) in [6, 6.07) is 23.1. The maximum atomic E-state index is 13.8. The molecule has 194 valence electrons. The van der Waals surface area contributed by atoms with Crippen molar-refractivity contribution in [1.82, 2.24) is 10.2 Å². The molecular formula is C31H36N2O4. The average molecular weight is 501 g/mol. The third kappa shape index (κ3) is 7.35. The molecule has 0 bridgehead atoms. The molecule has 1 heterocycles. The summed E-state index contributed by atoms with van der Waals surface area (Å²) in [4.78, 5) is 29.0. The number of carbonyl (C=O) groups excluding carboxylic acids is 2. The summed E-state index contributed by atoms with van der Waals surface area (Å²) in [6.45, 7) is 7.33. The van der Waals surface area contributed by atoms with Gasteiger partial charge in [0, 0.05) is 25.4 Å². The second kappa shape index (κ2) is 12.4. The fraction of sp³-hybridized carbons (Fsp3) is 0.355. The number of hydrogen-bond donors (Lipinski definition) is 1. The summed E-state index contributed by atoms with van der Waals surface area (Å²) < 4.78 is 11.3. The Balaban J connectivity index is 1.58. The zero-order chi connectivity index (χ0) is 26.2. The molecule has 6 nitrogen and oxygen atoms in total. The number of fused-ring (bicyclic) bond motifs is 1. The van der Waals surface area contributed by atoms with Crippen LogP contribution in [0.4, 0.5) is 0 Å². The van der Waals surface area contributed by atoms with Crippen LogP contribution in [0.2, 0.25) is 0 Å². The number of hydrogen-bond acceptors (Lipinski definition) is 4. The maximum absolute atomic E-state index is 13.8. The van der Waals surface area contributed by atoms with Gasteiger partial charge in [-0.1, -0.05) is 66.2 Å². The van der Waals surface area contributed by atoms with Crippen LogP contribution in [0.25, 0.3) is 0 Å². The van der Waals surface area contributed by atoms with Crippen LogP contribution in [-0.2, 0) is 29.0 Å². The second-order valence-electron chi connectivity index (χ2n) is 9.85. The number of rotatable bonds is 10. The summed E-state index contributed by atoms with van der Waals surface area (Å²) >= 11 is 0. The lowest BCUT2D eigenvalue weighted by atomic mass is 10.0. The van der Waals surface area contributed by atoms with Gasteiger partial charge < -0.3 is 19.7 Å². The predicted octanol–water partition coefficient (Wildman–Crippen LogP) is 4.86.